The second-order valence-electron chi connectivity index (χ2n) is 5.30. The van der Waals surface area contributed by atoms with Crippen molar-refractivity contribution in [3.63, 3.8) is 0 Å². The molecule has 1 aliphatic heterocycles. The molecule has 1 aromatic heterocycles. The Morgan fingerprint density at radius 3 is 2.76 bits per heavy atom. The third-order valence-electron chi connectivity index (χ3n) is 3.43. The van der Waals surface area contributed by atoms with Gasteiger partial charge in [-0.3, -0.25) is 4.79 Å². The van der Waals surface area contributed by atoms with Crippen molar-refractivity contribution in [2.75, 3.05) is 11.4 Å². The molecule has 1 aromatic carbocycles. The predicted octanol–water partition coefficient (Wildman–Crippen LogP) is 3.10. The number of amides is 1. The van der Waals surface area contributed by atoms with Gasteiger partial charge in [-0.1, -0.05) is 37.0 Å². The van der Waals surface area contributed by atoms with Crippen molar-refractivity contribution in [2.45, 2.75) is 32.4 Å². The van der Waals surface area contributed by atoms with E-state index in [1.54, 1.807) is 11.0 Å². The lowest BCUT2D eigenvalue weighted by atomic mass is 10.2. The van der Waals surface area contributed by atoms with Crippen LogP contribution in [0.5, 0.6) is 0 Å². The number of carbonyl (C=O) groups excluding carboxylic acids is 1. The van der Waals surface area contributed by atoms with Crippen LogP contribution in [0.2, 0.25) is 10.0 Å². The molecular weight excluding hydrogens is 331 g/mol. The molecule has 1 unspecified atom stereocenters. The molecule has 2 heterocycles. The summed E-state index contributed by atoms with van der Waals surface area (Å²) < 4.78 is 8.42. The van der Waals surface area contributed by atoms with Gasteiger partial charge in [0.2, 0.25) is 5.91 Å². The van der Waals surface area contributed by atoms with Crippen molar-refractivity contribution in [1.29, 1.82) is 0 Å². The fourth-order valence-electron chi connectivity index (χ4n) is 2.58. The molecule has 2 aromatic rings. The van der Waals surface area contributed by atoms with Crippen molar-refractivity contribution in [3.8, 4) is 0 Å². The maximum Gasteiger partial charge on any atom is 0.244 e. The quantitative estimate of drug-likeness (QED) is 0.929. The zero-order valence-corrected chi connectivity index (χ0v) is 13.9. The highest BCUT2D eigenvalue weighted by Gasteiger charge is 2.35. The van der Waals surface area contributed by atoms with Crippen LogP contribution in [0.25, 0.3) is 11.0 Å². The highest BCUT2D eigenvalue weighted by molar-refractivity contribution is 7.00. The molecular formula is C13H14Cl2N4OS. The molecule has 8 heteroatoms. The highest BCUT2D eigenvalue weighted by atomic mass is 35.5. The van der Waals surface area contributed by atoms with Gasteiger partial charge in [-0.15, -0.1) is 0 Å². The number of fused-ring (bicyclic) bond motifs is 1. The summed E-state index contributed by atoms with van der Waals surface area (Å²) in [5.41, 5.74) is 1.80. The van der Waals surface area contributed by atoms with E-state index in [1.165, 1.54) is 0 Å². The summed E-state index contributed by atoms with van der Waals surface area (Å²) in [4.78, 5) is 14.3. The van der Waals surface area contributed by atoms with Crippen LogP contribution in [0.3, 0.4) is 0 Å². The Morgan fingerprint density at radius 2 is 2.05 bits per heavy atom. The molecule has 112 valence electrons. The van der Waals surface area contributed by atoms with E-state index < -0.39 is 0 Å². The second kappa shape index (κ2) is 5.68. The van der Waals surface area contributed by atoms with E-state index in [9.17, 15) is 4.79 Å². The SMILES string of the molecule is CC(C)NC1CCN(c2c(Cl)cc(Cl)c3nsnc23)C1=O. The summed E-state index contributed by atoms with van der Waals surface area (Å²) in [5, 5.41) is 4.15. The standard InChI is InChI=1S/C13H14Cl2N4OS/c1-6(2)16-9-3-4-19(13(9)20)12-8(15)5-7(14)10-11(12)18-21-17-10/h5-6,9,16H,3-4H2,1-2H3. The lowest BCUT2D eigenvalue weighted by Crippen LogP contribution is -2.41. The largest absolute Gasteiger partial charge is 0.308 e. The fraction of sp³-hybridized carbons (Fsp3) is 0.462. The van der Waals surface area contributed by atoms with Gasteiger partial charge in [-0.05, 0) is 12.5 Å². The molecule has 1 fully saturated rings. The van der Waals surface area contributed by atoms with Crippen molar-refractivity contribution in [3.05, 3.63) is 16.1 Å². The molecule has 21 heavy (non-hydrogen) atoms. The molecule has 1 N–H and O–H groups in total. The molecule has 1 amide bonds. The minimum atomic E-state index is -0.182. The Balaban J connectivity index is 2.02. The van der Waals surface area contributed by atoms with Crippen molar-refractivity contribution in [2.24, 2.45) is 0 Å². The van der Waals surface area contributed by atoms with Crippen LogP contribution in [-0.2, 0) is 4.79 Å². The number of nitrogens with one attached hydrogen (secondary N) is 1. The number of aromatic nitrogens is 2. The number of halogens is 2. The number of hydrogen-bond donors (Lipinski definition) is 1. The third kappa shape index (κ3) is 2.61. The number of benzene rings is 1. The van der Waals surface area contributed by atoms with E-state index in [0.29, 0.717) is 33.3 Å². The van der Waals surface area contributed by atoms with Crippen LogP contribution in [0.4, 0.5) is 5.69 Å². The number of anilines is 1. The van der Waals surface area contributed by atoms with Crippen molar-refractivity contribution >= 4 is 57.6 Å². The summed E-state index contributed by atoms with van der Waals surface area (Å²) in [6.07, 6.45) is 0.745. The molecule has 3 rings (SSSR count). The minimum absolute atomic E-state index is 0.0159. The molecule has 1 aliphatic rings. The number of nitrogens with zero attached hydrogens (tertiary/aromatic N) is 3. The monoisotopic (exact) mass is 344 g/mol. The Labute approximate surface area is 136 Å². The van der Waals surface area contributed by atoms with Crippen LogP contribution in [0.15, 0.2) is 6.07 Å². The van der Waals surface area contributed by atoms with Gasteiger partial charge in [-0.25, -0.2) is 0 Å². The lowest BCUT2D eigenvalue weighted by molar-refractivity contribution is -0.118. The average Bonchev–Trinajstić information content (AvgIpc) is 3.00. The summed E-state index contributed by atoms with van der Waals surface area (Å²) in [6, 6.07) is 1.69. The molecule has 1 atom stereocenters. The zero-order valence-electron chi connectivity index (χ0n) is 11.6. The first kappa shape index (κ1) is 15.0. The normalized spacial score (nSPS) is 19.2. The van der Waals surface area contributed by atoms with Crippen LogP contribution >= 0.6 is 34.9 Å². The Morgan fingerprint density at radius 1 is 1.33 bits per heavy atom. The fourth-order valence-corrected chi connectivity index (χ4v) is 3.79. The first-order valence-corrected chi connectivity index (χ1v) is 8.15. The Bertz CT molecular complexity index is 703. The number of carbonyl (C=O) groups is 1. The van der Waals surface area contributed by atoms with Gasteiger partial charge >= 0.3 is 0 Å². The van der Waals surface area contributed by atoms with E-state index >= 15 is 0 Å². The Kier molecular flexibility index (Phi) is 4.05. The van der Waals surface area contributed by atoms with Gasteiger partial charge in [0.25, 0.3) is 0 Å². The van der Waals surface area contributed by atoms with Gasteiger partial charge in [0, 0.05) is 12.6 Å². The predicted molar refractivity (Wildman–Crippen MR) is 86.5 cm³/mol. The first-order valence-electron chi connectivity index (χ1n) is 6.66. The molecule has 0 spiro atoms. The summed E-state index contributed by atoms with van der Waals surface area (Å²) in [6.45, 7) is 4.65. The molecule has 0 bridgehead atoms. The third-order valence-corrected chi connectivity index (χ3v) is 4.53. The summed E-state index contributed by atoms with van der Waals surface area (Å²) >= 11 is 13.5. The maximum absolute atomic E-state index is 12.6. The molecule has 5 nitrogen and oxygen atoms in total. The lowest BCUT2D eigenvalue weighted by Gasteiger charge is -2.20. The summed E-state index contributed by atoms with van der Waals surface area (Å²) in [7, 11) is 0. The van der Waals surface area contributed by atoms with E-state index in [2.05, 4.69) is 14.1 Å². The molecule has 0 radical (unpaired) electrons. The Hall–Kier alpha value is -0.950. The van der Waals surface area contributed by atoms with E-state index in [-0.39, 0.29) is 18.0 Å². The second-order valence-corrected chi connectivity index (χ2v) is 6.65. The topological polar surface area (TPSA) is 58.1 Å². The van der Waals surface area contributed by atoms with Crippen LogP contribution in [0.1, 0.15) is 20.3 Å². The van der Waals surface area contributed by atoms with Gasteiger partial charge in [-0.2, -0.15) is 8.75 Å². The van der Waals surface area contributed by atoms with Crippen molar-refractivity contribution in [1.82, 2.24) is 14.1 Å². The number of rotatable bonds is 3. The van der Waals surface area contributed by atoms with E-state index in [1.807, 2.05) is 13.8 Å². The van der Waals surface area contributed by atoms with E-state index in [4.69, 9.17) is 23.2 Å². The van der Waals surface area contributed by atoms with E-state index in [0.717, 1.165) is 18.1 Å². The first-order chi connectivity index (χ1) is 9.99. The van der Waals surface area contributed by atoms with Crippen LogP contribution in [-0.4, -0.2) is 33.3 Å². The van der Waals surface area contributed by atoms with Gasteiger partial charge in [0.1, 0.15) is 11.0 Å². The number of hydrogen-bond acceptors (Lipinski definition) is 5. The minimum Gasteiger partial charge on any atom is -0.308 e. The van der Waals surface area contributed by atoms with Gasteiger partial charge < -0.3 is 10.2 Å². The smallest absolute Gasteiger partial charge is 0.244 e. The maximum atomic E-state index is 12.6. The van der Waals surface area contributed by atoms with Crippen molar-refractivity contribution < 1.29 is 4.79 Å². The summed E-state index contributed by atoms with van der Waals surface area (Å²) in [5.74, 6) is 0.0159. The molecule has 1 saturated heterocycles. The molecule has 0 aliphatic carbocycles. The van der Waals surface area contributed by atoms with Crippen LogP contribution < -0.4 is 10.2 Å². The van der Waals surface area contributed by atoms with Gasteiger partial charge in [0.15, 0.2) is 0 Å². The van der Waals surface area contributed by atoms with Gasteiger partial charge in [0.05, 0.1) is 33.5 Å². The molecule has 0 saturated carbocycles. The zero-order chi connectivity index (χ0) is 15.1. The average molecular weight is 345 g/mol. The van der Waals surface area contributed by atoms with Crippen LogP contribution in [0, 0.1) is 0 Å². The highest BCUT2D eigenvalue weighted by Crippen LogP contribution is 2.39.